The molecule has 0 amide bonds. The number of hydrogen-bond acceptors (Lipinski definition) is 6. The first-order valence-corrected chi connectivity index (χ1v) is 10.5. The number of aliphatic hydroxyl groups excluding tert-OH is 4. The minimum atomic E-state index is -1.38. The zero-order chi connectivity index (χ0) is 20.4. The zero-order valence-electron chi connectivity index (χ0n) is 16.1. The van der Waals surface area contributed by atoms with Crippen molar-refractivity contribution in [2.45, 2.75) is 55.5 Å². The maximum Gasteiger partial charge on any atom is 0.120 e. The number of aryl methyl sites for hydroxylation is 2. The van der Waals surface area contributed by atoms with Gasteiger partial charge in [-0.1, -0.05) is 37.3 Å². The van der Waals surface area contributed by atoms with E-state index in [2.05, 4.69) is 31.2 Å². The molecule has 5 N–H and O–H groups in total. The highest BCUT2D eigenvalue weighted by Crippen LogP contribution is 2.46. The molecule has 5 nitrogen and oxygen atoms in total. The highest BCUT2D eigenvalue weighted by molar-refractivity contribution is 8.00. The van der Waals surface area contributed by atoms with E-state index >= 15 is 0 Å². The first kappa shape index (κ1) is 21.1. The van der Waals surface area contributed by atoms with Crippen molar-refractivity contribution in [2.24, 2.45) is 0 Å². The van der Waals surface area contributed by atoms with E-state index in [1.165, 1.54) is 17.3 Å². The summed E-state index contributed by atoms with van der Waals surface area (Å²) in [6.45, 7) is 3.72. The second-order valence-electron chi connectivity index (χ2n) is 7.43. The van der Waals surface area contributed by atoms with Crippen LogP contribution < -0.4 is 0 Å². The van der Waals surface area contributed by atoms with E-state index in [9.17, 15) is 25.5 Å². The fraction of sp³-hybridized carbons (Fsp3) is 0.455. The smallest absolute Gasteiger partial charge is 0.120 e. The zero-order valence-corrected chi connectivity index (χ0v) is 16.9. The van der Waals surface area contributed by atoms with E-state index in [0.29, 0.717) is 12.0 Å². The van der Waals surface area contributed by atoms with Gasteiger partial charge in [0.2, 0.25) is 0 Å². The summed E-state index contributed by atoms with van der Waals surface area (Å²) < 4.78 is 0. The van der Waals surface area contributed by atoms with Crippen molar-refractivity contribution in [3.05, 3.63) is 64.2 Å². The van der Waals surface area contributed by atoms with Crippen molar-refractivity contribution in [3.8, 4) is 5.75 Å². The molecule has 0 bridgehead atoms. The van der Waals surface area contributed by atoms with Gasteiger partial charge in [-0.25, -0.2) is 0 Å². The second kappa shape index (κ2) is 8.84. The molecule has 2 aromatic rings. The lowest BCUT2D eigenvalue weighted by molar-refractivity contribution is -0.0701. The van der Waals surface area contributed by atoms with Crippen LogP contribution in [0, 0.1) is 6.92 Å². The molecule has 6 heteroatoms. The maximum atomic E-state index is 10.5. The fourth-order valence-corrected chi connectivity index (χ4v) is 5.09. The molecule has 0 spiro atoms. The van der Waals surface area contributed by atoms with Crippen molar-refractivity contribution in [2.75, 3.05) is 6.61 Å². The van der Waals surface area contributed by atoms with Crippen LogP contribution in [0.4, 0.5) is 0 Å². The summed E-state index contributed by atoms with van der Waals surface area (Å²) in [7, 11) is 0. The second-order valence-corrected chi connectivity index (χ2v) is 8.82. The van der Waals surface area contributed by atoms with Crippen molar-refractivity contribution < 1.29 is 25.5 Å². The summed E-state index contributed by atoms with van der Waals surface area (Å²) in [4.78, 5) is 0. The average molecular weight is 405 g/mol. The van der Waals surface area contributed by atoms with Gasteiger partial charge in [-0.15, -0.1) is 11.8 Å². The van der Waals surface area contributed by atoms with Gasteiger partial charge in [-0.05, 0) is 48.1 Å². The third-order valence-corrected chi connectivity index (χ3v) is 7.11. The highest BCUT2D eigenvalue weighted by Gasteiger charge is 2.44. The number of aromatic hydroxyl groups is 1. The molecule has 2 aromatic carbocycles. The Bertz CT molecular complexity index is 805. The van der Waals surface area contributed by atoms with Gasteiger partial charge in [0.15, 0.2) is 0 Å². The van der Waals surface area contributed by atoms with E-state index in [1.807, 2.05) is 13.0 Å². The van der Waals surface area contributed by atoms with Gasteiger partial charge >= 0.3 is 0 Å². The monoisotopic (exact) mass is 404 g/mol. The molecule has 0 aliphatic carbocycles. The molecule has 0 unspecified atom stereocenters. The van der Waals surface area contributed by atoms with E-state index in [-0.39, 0.29) is 12.4 Å². The highest BCUT2D eigenvalue weighted by atomic mass is 32.2. The van der Waals surface area contributed by atoms with Crippen LogP contribution in [0.3, 0.4) is 0 Å². The van der Waals surface area contributed by atoms with E-state index in [1.54, 1.807) is 6.07 Å². The molecule has 1 saturated heterocycles. The summed E-state index contributed by atoms with van der Waals surface area (Å²) in [5.41, 5.74) is 4.89. The molecule has 152 valence electrons. The van der Waals surface area contributed by atoms with E-state index in [4.69, 9.17) is 0 Å². The standard InChI is InChI=1S/C22H28O5S/c1-3-13-4-6-14(7-5-13)9-15-10-16(17(24)8-12(15)2)22-21(27)20(26)19(25)18(11-23)28-22/h4-8,10,18-27H,3,9,11H2,1-2H3/t18-,19-,20+,21-,22+/m1/s1. The summed E-state index contributed by atoms with van der Waals surface area (Å²) in [6.07, 6.45) is -2.17. The quantitative estimate of drug-likeness (QED) is 0.523. The molecule has 0 aromatic heterocycles. The van der Waals surface area contributed by atoms with Crippen LogP contribution >= 0.6 is 11.8 Å². The molecule has 0 radical (unpaired) electrons. The Kier molecular flexibility index (Phi) is 6.68. The van der Waals surface area contributed by atoms with Crippen LogP contribution in [-0.2, 0) is 12.8 Å². The number of phenolic OH excluding ortho intramolecular Hbond substituents is 1. The van der Waals surface area contributed by atoms with Crippen molar-refractivity contribution in [1.29, 1.82) is 0 Å². The molecule has 3 rings (SSSR count). The van der Waals surface area contributed by atoms with Crippen LogP contribution in [0.1, 0.15) is 40.0 Å². The molecule has 1 aliphatic rings. The van der Waals surface area contributed by atoms with Crippen molar-refractivity contribution in [3.63, 3.8) is 0 Å². The lowest BCUT2D eigenvalue weighted by atomic mass is 9.92. The molecule has 1 fully saturated rings. The summed E-state index contributed by atoms with van der Waals surface area (Å²) >= 11 is 1.17. The van der Waals surface area contributed by atoms with E-state index < -0.39 is 28.8 Å². The van der Waals surface area contributed by atoms with Crippen molar-refractivity contribution >= 4 is 11.8 Å². The third kappa shape index (κ3) is 4.21. The van der Waals surface area contributed by atoms with Crippen LogP contribution in [-0.4, -0.2) is 55.7 Å². The molecule has 5 atom stereocenters. The Morgan fingerprint density at radius 3 is 2.18 bits per heavy atom. The van der Waals surface area contributed by atoms with Crippen molar-refractivity contribution in [1.82, 2.24) is 0 Å². The number of aliphatic hydroxyl groups is 4. The maximum absolute atomic E-state index is 10.5. The largest absolute Gasteiger partial charge is 0.508 e. The molecule has 1 heterocycles. The minimum Gasteiger partial charge on any atom is -0.508 e. The van der Waals surface area contributed by atoms with Crippen LogP contribution in [0.25, 0.3) is 0 Å². The third-order valence-electron chi connectivity index (χ3n) is 5.51. The first-order chi connectivity index (χ1) is 13.3. The molecule has 1 aliphatic heterocycles. The lowest BCUT2D eigenvalue weighted by Gasteiger charge is -2.40. The summed E-state index contributed by atoms with van der Waals surface area (Å²) in [6, 6.07) is 11.9. The first-order valence-electron chi connectivity index (χ1n) is 9.56. The SMILES string of the molecule is CCc1ccc(Cc2cc([C@@H]3S[C@H](CO)[C@@H](O)[C@H](O)[C@H]3O)c(O)cc2C)cc1. The normalized spacial score (nSPS) is 27.7. The molecular weight excluding hydrogens is 376 g/mol. The molecule has 28 heavy (non-hydrogen) atoms. The van der Waals surface area contributed by atoms with E-state index in [0.717, 1.165) is 23.1 Å². The summed E-state index contributed by atoms with van der Waals surface area (Å²) in [5, 5.41) is 49.4. The van der Waals surface area contributed by atoms with Gasteiger partial charge in [0.1, 0.15) is 11.9 Å². The van der Waals surface area contributed by atoms with Gasteiger partial charge in [0, 0.05) is 5.56 Å². The predicted octanol–water partition coefficient (Wildman–Crippen LogP) is 2.09. The van der Waals surface area contributed by atoms with Gasteiger partial charge < -0.3 is 25.5 Å². The summed E-state index contributed by atoms with van der Waals surface area (Å²) in [5.74, 6) is 0.0411. The number of benzene rings is 2. The number of phenols is 1. The Labute approximate surface area is 169 Å². The Morgan fingerprint density at radius 1 is 0.929 bits per heavy atom. The van der Waals surface area contributed by atoms with Crippen LogP contribution in [0.5, 0.6) is 5.75 Å². The Morgan fingerprint density at radius 2 is 1.57 bits per heavy atom. The van der Waals surface area contributed by atoms with Gasteiger partial charge in [-0.3, -0.25) is 0 Å². The topological polar surface area (TPSA) is 101 Å². The number of thioether (sulfide) groups is 1. The predicted molar refractivity (Wildman–Crippen MR) is 111 cm³/mol. The molecule has 0 saturated carbocycles. The Hall–Kier alpha value is -1.57. The number of rotatable bonds is 5. The Balaban J connectivity index is 1.92. The van der Waals surface area contributed by atoms with Crippen LogP contribution in [0.15, 0.2) is 36.4 Å². The van der Waals surface area contributed by atoms with Crippen LogP contribution in [0.2, 0.25) is 0 Å². The minimum absolute atomic E-state index is 0.0411. The lowest BCUT2D eigenvalue weighted by Crippen LogP contribution is -2.51. The number of hydrogen-bond donors (Lipinski definition) is 5. The van der Waals surface area contributed by atoms with Gasteiger partial charge in [-0.2, -0.15) is 0 Å². The van der Waals surface area contributed by atoms with Gasteiger partial charge in [0.25, 0.3) is 0 Å². The van der Waals surface area contributed by atoms with Gasteiger partial charge in [0.05, 0.1) is 29.3 Å². The fourth-order valence-electron chi connectivity index (χ4n) is 3.65. The average Bonchev–Trinajstić information content (AvgIpc) is 2.69. The molecular formula is C22H28O5S.